The second-order valence-corrected chi connectivity index (χ2v) is 5.00. The van der Waals surface area contributed by atoms with Crippen LogP contribution in [0.3, 0.4) is 0 Å². The van der Waals surface area contributed by atoms with Gasteiger partial charge in [0.1, 0.15) is 5.82 Å². The number of benzene rings is 1. The van der Waals surface area contributed by atoms with Crippen LogP contribution in [0.1, 0.15) is 18.4 Å². The highest BCUT2D eigenvalue weighted by atomic mass is 19.1. The lowest BCUT2D eigenvalue weighted by molar-refractivity contribution is 0.211. The number of anilines is 1. The van der Waals surface area contributed by atoms with Gasteiger partial charge in [0.2, 0.25) is 0 Å². The van der Waals surface area contributed by atoms with Gasteiger partial charge in [0.15, 0.2) is 0 Å². The first-order valence-electron chi connectivity index (χ1n) is 5.63. The van der Waals surface area contributed by atoms with Crippen LogP contribution >= 0.6 is 0 Å². The molecule has 88 valence electrons. The summed E-state index contributed by atoms with van der Waals surface area (Å²) in [5, 5.41) is 9.31. The molecule has 0 aromatic heterocycles. The van der Waals surface area contributed by atoms with E-state index in [1.165, 1.54) is 6.07 Å². The highest BCUT2D eigenvalue weighted by Gasteiger charge is 2.42. The summed E-state index contributed by atoms with van der Waals surface area (Å²) >= 11 is 0. The van der Waals surface area contributed by atoms with Gasteiger partial charge in [-0.25, -0.2) is 4.39 Å². The third kappa shape index (κ3) is 2.19. The van der Waals surface area contributed by atoms with Crippen LogP contribution < -0.4 is 4.90 Å². The molecule has 0 radical (unpaired) electrons. The number of aliphatic hydroxyl groups excluding tert-OH is 1. The van der Waals surface area contributed by atoms with Gasteiger partial charge >= 0.3 is 0 Å². The first-order chi connectivity index (χ1) is 7.56. The van der Waals surface area contributed by atoms with Gasteiger partial charge in [-0.2, -0.15) is 0 Å². The molecule has 0 unspecified atom stereocenters. The van der Waals surface area contributed by atoms with Crippen molar-refractivity contribution < 1.29 is 9.50 Å². The van der Waals surface area contributed by atoms with Gasteiger partial charge in [-0.05, 0) is 42.4 Å². The van der Waals surface area contributed by atoms with Gasteiger partial charge < -0.3 is 10.0 Å². The summed E-state index contributed by atoms with van der Waals surface area (Å²) in [6.07, 6.45) is 3.00. The highest BCUT2D eigenvalue weighted by molar-refractivity contribution is 5.53. The van der Waals surface area contributed by atoms with Crippen LogP contribution in [-0.4, -0.2) is 25.8 Å². The van der Waals surface area contributed by atoms with Crippen molar-refractivity contribution in [2.75, 3.05) is 25.6 Å². The van der Waals surface area contributed by atoms with Crippen molar-refractivity contribution in [3.63, 3.8) is 0 Å². The summed E-state index contributed by atoms with van der Waals surface area (Å²) in [4.78, 5) is 1.92. The Morgan fingerprint density at radius 2 is 2.06 bits per heavy atom. The molecule has 0 bridgehead atoms. The quantitative estimate of drug-likeness (QED) is 0.846. The first-order valence-corrected chi connectivity index (χ1v) is 5.63. The smallest absolute Gasteiger partial charge is 0.125 e. The summed E-state index contributed by atoms with van der Waals surface area (Å²) in [5.41, 5.74) is 2.11. The molecule has 0 saturated heterocycles. The number of halogens is 1. The Hall–Kier alpha value is -1.09. The number of nitrogens with zero attached hydrogens (tertiary/aromatic N) is 1. The van der Waals surface area contributed by atoms with Crippen molar-refractivity contribution >= 4 is 5.69 Å². The number of hydrogen-bond donors (Lipinski definition) is 1. The Labute approximate surface area is 95.7 Å². The monoisotopic (exact) mass is 223 g/mol. The van der Waals surface area contributed by atoms with Crippen LogP contribution in [-0.2, 0) is 6.42 Å². The fourth-order valence-electron chi connectivity index (χ4n) is 2.07. The second-order valence-electron chi connectivity index (χ2n) is 5.00. The largest absolute Gasteiger partial charge is 0.396 e. The lowest BCUT2D eigenvalue weighted by atomic mass is 9.96. The molecule has 0 amide bonds. The van der Waals surface area contributed by atoms with E-state index >= 15 is 0 Å². The molecule has 1 saturated carbocycles. The van der Waals surface area contributed by atoms with Crippen LogP contribution in [0.15, 0.2) is 18.2 Å². The Morgan fingerprint density at radius 1 is 1.38 bits per heavy atom. The van der Waals surface area contributed by atoms with E-state index in [1.54, 1.807) is 6.07 Å². The van der Waals surface area contributed by atoms with Crippen molar-refractivity contribution in [3.05, 3.63) is 29.6 Å². The molecule has 3 heteroatoms. The minimum absolute atomic E-state index is 0.0720. The minimum atomic E-state index is -0.207. The molecule has 1 N–H and O–H groups in total. The summed E-state index contributed by atoms with van der Waals surface area (Å²) in [5.74, 6) is -0.207. The zero-order valence-corrected chi connectivity index (χ0v) is 9.83. The topological polar surface area (TPSA) is 23.5 Å². The standard InChI is InChI=1S/C13H18FNO/c1-15(2)12-7-11(14)4-3-10(12)8-13(9-16)5-6-13/h3-4,7,16H,5-6,8-9H2,1-2H3. The van der Waals surface area contributed by atoms with Gasteiger partial charge in [0, 0.05) is 26.4 Å². The van der Waals surface area contributed by atoms with E-state index < -0.39 is 0 Å². The molecule has 1 aliphatic carbocycles. The zero-order valence-electron chi connectivity index (χ0n) is 9.83. The van der Waals surface area contributed by atoms with Gasteiger partial charge in [-0.15, -0.1) is 0 Å². The molecule has 1 aromatic rings. The van der Waals surface area contributed by atoms with E-state index in [4.69, 9.17) is 0 Å². The van der Waals surface area contributed by atoms with Crippen molar-refractivity contribution in [1.82, 2.24) is 0 Å². The lowest BCUT2D eigenvalue weighted by Crippen LogP contribution is -2.16. The maximum absolute atomic E-state index is 13.2. The molecule has 0 aliphatic heterocycles. The molecule has 0 atom stereocenters. The van der Waals surface area contributed by atoms with Crippen LogP contribution in [0.2, 0.25) is 0 Å². The van der Waals surface area contributed by atoms with Crippen LogP contribution in [0.5, 0.6) is 0 Å². The second kappa shape index (κ2) is 4.06. The summed E-state index contributed by atoms with van der Waals surface area (Å²) in [7, 11) is 3.83. The molecule has 2 rings (SSSR count). The van der Waals surface area contributed by atoms with E-state index in [1.807, 2.05) is 25.1 Å². The van der Waals surface area contributed by atoms with Crippen LogP contribution in [0.25, 0.3) is 0 Å². The van der Waals surface area contributed by atoms with Gasteiger partial charge in [0.25, 0.3) is 0 Å². The summed E-state index contributed by atoms with van der Waals surface area (Å²) < 4.78 is 13.2. The third-order valence-electron chi connectivity index (χ3n) is 3.39. The summed E-state index contributed by atoms with van der Waals surface area (Å²) in [6, 6.07) is 4.89. The lowest BCUT2D eigenvalue weighted by Gasteiger charge is -2.20. The van der Waals surface area contributed by atoms with Gasteiger partial charge in [0.05, 0.1) is 0 Å². The maximum atomic E-state index is 13.2. The Balaban J connectivity index is 2.26. The van der Waals surface area contributed by atoms with E-state index in [0.29, 0.717) is 0 Å². The number of aliphatic hydroxyl groups is 1. The summed E-state index contributed by atoms with van der Waals surface area (Å²) in [6.45, 7) is 0.233. The molecular formula is C13H18FNO. The predicted molar refractivity (Wildman–Crippen MR) is 63.2 cm³/mol. The van der Waals surface area contributed by atoms with E-state index in [2.05, 4.69) is 0 Å². The third-order valence-corrected chi connectivity index (χ3v) is 3.39. The van der Waals surface area contributed by atoms with E-state index in [-0.39, 0.29) is 17.8 Å². The van der Waals surface area contributed by atoms with Crippen LogP contribution in [0, 0.1) is 11.2 Å². The van der Waals surface area contributed by atoms with E-state index in [9.17, 15) is 9.50 Å². The average molecular weight is 223 g/mol. The minimum Gasteiger partial charge on any atom is -0.396 e. The highest BCUT2D eigenvalue weighted by Crippen LogP contribution is 2.48. The molecule has 1 aromatic carbocycles. The van der Waals surface area contributed by atoms with Gasteiger partial charge in [-0.3, -0.25) is 0 Å². The molecular weight excluding hydrogens is 205 g/mol. The SMILES string of the molecule is CN(C)c1cc(F)ccc1CC1(CO)CC1. The van der Waals surface area contributed by atoms with Gasteiger partial charge in [-0.1, -0.05) is 6.07 Å². The fourth-order valence-corrected chi connectivity index (χ4v) is 2.07. The molecule has 1 fully saturated rings. The van der Waals surface area contributed by atoms with E-state index in [0.717, 1.165) is 30.5 Å². The Morgan fingerprint density at radius 3 is 2.56 bits per heavy atom. The van der Waals surface area contributed by atoms with Crippen molar-refractivity contribution in [3.8, 4) is 0 Å². The molecule has 0 heterocycles. The number of rotatable bonds is 4. The Bertz CT molecular complexity index is 386. The Kier molecular flexibility index (Phi) is 2.89. The first kappa shape index (κ1) is 11.4. The predicted octanol–water partition coefficient (Wildman–Crippen LogP) is 2.21. The maximum Gasteiger partial charge on any atom is 0.125 e. The normalized spacial score (nSPS) is 17.2. The van der Waals surface area contributed by atoms with Crippen LogP contribution in [0.4, 0.5) is 10.1 Å². The number of hydrogen-bond acceptors (Lipinski definition) is 2. The van der Waals surface area contributed by atoms with Crippen molar-refractivity contribution in [2.24, 2.45) is 5.41 Å². The molecule has 2 nitrogen and oxygen atoms in total. The molecule has 0 spiro atoms. The molecule has 16 heavy (non-hydrogen) atoms. The fraction of sp³-hybridized carbons (Fsp3) is 0.538. The van der Waals surface area contributed by atoms with Crippen molar-refractivity contribution in [2.45, 2.75) is 19.3 Å². The average Bonchev–Trinajstić information content (AvgIpc) is 3.01. The zero-order chi connectivity index (χ0) is 11.8. The molecule has 1 aliphatic rings. The van der Waals surface area contributed by atoms with Crippen molar-refractivity contribution in [1.29, 1.82) is 0 Å².